The fraction of sp³-hybridized carbons (Fsp3) is 0.467. The number of amides is 1. The van der Waals surface area contributed by atoms with Gasteiger partial charge in [-0.25, -0.2) is 0 Å². The first kappa shape index (κ1) is 17.9. The standard InChI is InChI=1S/C8H16N2O2.C7H8N2O/c9-3-6-10-4-1-7(2-5-10)8(11)12;8-6-3-1-5(2-4-6)7(9)10/h7H,1-6,9H2,(H,11,12);1-4H,8H2,(H2,9,10). The number of nitrogens with zero attached hydrogens (tertiary/aromatic N) is 1. The van der Waals surface area contributed by atoms with Gasteiger partial charge in [0.1, 0.15) is 0 Å². The summed E-state index contributed by atoms with van der Waals surface area (Å²) >= 11 is 0. The molecular weight excluding hydrogens is 284 g/mol. The Morgan fingerprint density at radius 3 is 2.14 bits per heavy atom. The van der Waals surface area contributed by atoms with Gasteiger partial charge >= 0.3 is 5.97 Å². The number of benzene rings is 1. The number of rotatable bonds is 4. The van der Waals surface area contributed by atoms with E-state index in [2.05, 4.69) is 4.90 Å². The van der Waals surface area contributed by atoms with Gasteiger partial charge < -0.3 is 27.2 Å². The van der Waals surface area contributed by atoms with Gasteiger partial charge in [0, 0.05) is 24.3 Å². The molecule has 1 aliphatic heterocycles. The highest BCUT2D eigenvalue weighted by Gasteiger charge is 2.23. The SMILES string of the molecule is NC(=O)c1ccc(N)cc1.NCCN1CCC(C(=O)O)CC1. The van der Waals surface area contributed by atoms with Crippen LogP contribution in [-0.2, 0) is 4.79 Å². The molecule has 7 N–H and O–H groups in total. The normalized spacial score (nSPS) is 15.7. The van der Waals surface area contributed by atoms with Crippen molar-refractivity contribution < 1.29 is 14.7 Å². The van der Waals surface area contributed by atoms with Crippen LogP contribution in [0.4, 0.5) is 5.69 Å². The second-order valence-electron chi connectivity index (χ2n) is 5.23. The Balaban J connectivity index is 0.000000224. The third kappa shape index (κ3) is 6.11. The van der Waals surface area contributed by atoms with Crippen molar-refractivity contribution >= 4 is 17.6 Å². The van der Waals surface area contributed by atoms with Crippen LogP contribution in [0.5, 0.6) is 0 Å². The summed E-state index contributed by atoms with van der Waals surface area (Å²) in [6.07, 6.45) is 1.55. The zero-order valence-electron chi connectivity index (χ0n) is 12.6. The van der Waals surface area contributed by atoms with Crippen molar-refractivity contribution in [3.05, 3.63) is 29.8 Å². The largest absolute Gasteiger partial charge is 0.481 e. The van der Waals surface area contributed by atoms with Gasteiger partial charge in [0.2, 0.25) is 5.91 Å². The van der Waals surface area contributed by atoms with E-state index >= 15 is 0 Å². The summed E-state index contributed by atoms with van der Waals surface area (Å²) in [6, 6.07) is 6.47. The fourth-order valence-corrected chi connectivity index (χ4v) is 2.23. The lowest BCUT2D eigenvalue weighted by Crippen LogP contribution is -2.38. The Bertz CT molecular complexity index is 482. The molecule has 1 aliphatic rings. The summed E-state index contributed by atoms with van der Waals surface area (Å²) in [6.45, 7) is 3.33. The Morgan fingerprint density at radius 2 is 1.73 bits per heavy atom. The number of likely N-dealkylation sites (tertiary alicyclic amines) is 1. The maximum Gasteiger partial charge on any atom is 0.306 e. The van der Waals surface area contributed by atoms with E-state index in [1.807, 2.05) is 0 Å². The number of aliphatic carboxylic acids is 1. The van der Waals surface area contributed by atoms with Gasteiger partial charge in [0.15, 0.2) is 0 Å². The molecule has 0 unspecified atom stereocenters. The lowest BCUT2D eigenvalue weighted by molar-refractivity contribution is -0.143. The van der Waals surface area contributed by atoms with Crippen LogP contribution in [0.1, 0.15) is 23.2 Å². The summed E-state index contributed by atoms with van der Waals surface area (Å²) in [5, 5.41) is 8.71. The van der Waals surface area contributed by atoms with Crippen LogP contribution in [0.3, 0.4) is 0 Å². The summed E-state index contributed by atoms with van der Waals surface area (Å²) in [4.78, 5) is 23.3. The highest BCUT2D eigenvalue weighted by atomic mass is 16.4. The smallest absolute Gasteiger partial charge is 0.306 e. The molecule has 0 bridgehead atoms. The van der Waals surface area contributed by atoms with Gasteiger partial charge in [0.25, 0.3) is 0 Å². The number of hydrogen-bond donors (Lipinski definition) is 4. The summed E-state index contributed by atoms with van der Waals surface area (Å²) in [5.41, 5.74) is 16.9. The summed E-state index contributed by atoms with van der Waals surface area (Å²) in [5.74, 6) is -1.21. The number of piperidine rings is 1. The molecule has 0 aliphatic carbocycles. The minimum Gasteiger partial charge on any atom is -0.481 e. The Morgan fingerprint density at radius 1 is 1.18 bits per heavy atom. The molecule has 7 heteroatoms. The molecule has 0 aromatic heterocycles. The average molecular weight is 308 g/mol. The zero-order chi connectivity index (χ0) is 16.5. The first-order chi connectivity index (χ1) is 10.4. The van der Waals surface area contributed by atoms with Crippen molar-refractivity contribution in [1.82, 2.24) is 4.90 Å². The van der Waals surface area contributed by atoms with Crippen LogP contribution in [0.25, 0.3) is 0 Å². The van der Waals surface area contributed by atoms with Crippen molar-refractivity contribution in [2.24, 2.45) is 17.4 Å². The molecular formula is C15H24N4O3. The van der Waals surface area contributed by atoms with Gasteiger partial charge in [-0.1, -0.05) is 0 Å². The third-order valence-corrected chi connectivity index (χ3v) is 3.58. The molecule has 7 nitrogen and oxygen atoms in total. The van der Waals surface area contributed by atoms with Crippen LogP contribution in [-0.4, -0.2) is 48.1 Å². The molecule has 1 aromatic carbocycles. The van der Waals surface area contributed by atoms with E-state index < -0.39 is 11.9 Å². The second kappa shape index (κ2) is 9.01. The van der Waals surface area contributed by atoms with Crippen LogP contribution >= 0.6 is 0 Å². The van der Waals surface area contributed by atoms with E-state index in [4.69, 9.17) is 22.3 Å². The van der Waals surface area contributed by atoms with Crippen LogP contribution < -0.4 is 17.2 Å². The molecule has 1 amide bonds. The van der Waals surface area contributed by atoms with E-state index in [-0.39, 0.29) is 5.92 Å². The van der Waals surface area contributed by atoms with E-state index in [0.29, 0.717) is 17.8 Å². The predicted octanol–water partition coefficient (Wildman–Crippen LogP) is 0.109. The van der Waals surface area contributed by atoms with Gasteiger partial charge in [-0.15, -0.1) is 0 Å². The fourth-order valence-electron chi connectivity index (χ4n) is 2.23. The Labute approximate surface area is 130 Å². The highest BCUT2D eigenvalue weighted by Crippen LogP contribution is 2.16. The van der Waals surface area contributed by atoms with Gasteiger partial charge in [0.05, 0.1) is 5.92 Å². The maximum absolute atomic E-state index is 10.6. The van der Waals surface area contributed by atoms with E-state index in [1.54, 1.807) is 24.3 Å². The van der Waals surface area contributed by atoms with Crippen LogP contribution in [0.2, 0.25) is 0 Å². The number of carboxylic acids is 1. The van der Waals surface area contributed by atoms with E-state index in [0.717, 1.165) is 32.5 Å². The molecule has 122 valence electrons. The van der Waals surface area contributed by atoms with Crippen molar-refractivity contribution in [3.63, 3.8) is 0 Å². The van der Waals surface area contributed by atoms with E-state index in [1.165, 1.54) is 0 Å². The number of anilines is 1. The van der Waals surface area contributed by atoms with Gasteiger partial charge in [-0.05, 0) is 50.2 Å². The molecule has 1 heterocycles. The number of carbonyl (C=O) groups excluding carboxylic acids is 1. The predicted molar refractivity (Wildman–Crippen MR) is 85.2 cm³/mol. The minimum absolute atomic E-state index is 0.126. The van der Waals surface area contributed by atoms with Crippen molar-refractivity contribution in [3.8, 4) is 0 Å². The van der Waals surface area contributed by atoms with Crippen LogP contribution in [0, 0.1) is 5.92 Å². The quantitative estimate of drug-likeness (QED) is 0.583. The molecule has 0 atom stereocenters. The average Bonchev–Trinajstić information content (AvgIpc) is 2.49. The second-order valence-corrected chi connectivity index (χ2v) is 5.23. The van der Waals surface area contributed by atoms with Crippen molar-refractivity contribution in [2.75, 3.05) is 31.9 Å². The summed E-state index contributed by atoms with van der Waals surface area (Å²) in [7, 11) is 0. The maximum atomic E-state index is 10.6. The molecule has 1 fully saturated rings. The Kier molecular flexibility index (Phi) is 7.34. The zero-order valence-corrected chi connectivity index (χ0v) is 12.6. The monoisotopic (exact) mass is 308 g/mol. The van der Waals surface area contributed by atoms with Gasteiger partial charge in [-0.2, -0.15) is 0 Å². The van der Waals surface area contributed by atoms with Crippen LogP contribution in [0.15, 0.2) is 24.3 Å². The minimum atomic E-state index is -0.651. The number of primary amides is 1. The Hall–Kier alpha value is -2.12. The third-order valence-electron chi connectivity index (χ3n) is 3.58. The first-order valence-corrected chi connectivity index (χ1v) is 7.24. The molecule has 0 spiro atoms. The molecule has 0 radical (unpaired) electrons. The lowest BCUT2D eigenvalue weighted by atomic mass is 9.97. The van der Waals surface area contributed by atoms with Crippen molar-refractivity contribution in [2.45, 2.75) is 12.8 Å². The topological polar surface area (TPSA) is 136 Å². The van der Waals surface area contributed by atoms with E-state index in [9.17, 15) is 9.59 Å². The number of carboxylic acid groups (broad SMARTS) is 1. The molecule has 22 heavy (non-hydrogen) atoms. The molecule has 2 rings (SSSR count). The molecule has 0 saturated carbocycles. The number of nitrogen functional groups attached to an aromatic ring is 1. The van der Waals surface area contributed by atoms with Crippen molar-refractivity contribution in [1.29, 1.82) is 0 Å². The lowest BCUT2D eigenvalue weighted by Gasteiger charge is -2.29. The number of hydrogen-bond acceptors (Lipinski definition) is 5. The molecule has 1 saturated heterocycles. The number of nitrogens with two attached hydrogens (primary N) is 3. The molecule has 1 aromatic rings. The number of carbonyl (C=O) groups is 2. The van der Waals surface area contributed by atoms with Gasteiger partial charge in [-0.3, -0.25) is 9.59 Å². The highest BCUT2D eigenvalue weighted by molar-refractivity contribution is 5.93. The first-order valence-electron chi connectivity index (χ1n) is 7.24. The summed E-state index contributed by atoms with van der Waals surface area (Å²) < 4.78 is 0.